The van der Waals surface area contributed by atoms with Gasteiger partial charge in [-0.15, -0.1) is 0 Å². The summed E-state index contributed by atoms with van der Waals surface area (Å²) in [5.74, 6) is 2.05. The van der Waals surface area contributed by atoms with Crippen molar-refractivity contribution < 1.29 is 0 Å². The average molecular weight is 278 g/mol. The smallest absolute Gasteiger partial charge is 0.0453 e. The largest absolute Gasteiger partial charge is 0.307 e. The van der Waals surface area contributed by atoms with Gasteiger partial charge in [-0.05, 0) is 56.1 Å². The van der Waals surface area contributed by atoms with E-state index >= 15 is 0 Å². The molecule has 19 heavy (non-hydrogen) atoms. The fourth-order valence-corrected chi connectivity index (χ4v) is 3.94. The molecular weight excluding hydrogens is 254 g/mol. The predicted molar refractivity (Wildman–Crippen MR) is 81.5 cm³/mol. The highest BCUT2D eigenvalue weighted by atomic mass is 35.5. The van der Waals surface area contributed by atoms with Crippen LogP contribution in [0.15, 0.2) is 24.3 Å². The molecule has 0 aliphatic heterocycles. The summed E-state index contributed by atoms with van der Waals surface area (Å²) in [5, 5.41) is 4.69. The molecule has 0 heterocycles. The number of hydrogen-bond acceptors (Lipinski definition) is 1. The molecule has 0 amide bonds. The van der Waals surface area contributed by atoms with Gasteiger partial charge in [0.2, 0.25) is 0 Å². The average Bonchev–Trinajstić information content (AvgIpc) is 3.24. The van der Waals surface area contributed by atoms with Crippen LogP contribution in [0, 0.1) is 11.8 Å². The van der Waals surface area contributed by atoms with Crippen LogP contribution in [0.2, 0.25) is 5.02 Å². The lowest BCUT2D eigenvalue weighted by Crippen LogP contribution is -2.36. The van der Waals surface area contributed by atoms with Crippen molar-refractivity contribution in [2.24, 2.45) is 11.8 Å². The lowest BCUT2D eigenvalue weighted by atomic mass is 9.82. The molecule has 0 aromatic heterocycles. The van der Waals surface area contributed by atoms with Gasteiger partial charge in [0, 0.05) is 17.1 Å². The van der Waals surface area contributed by atoms with Gasteiger partial charge in [0.25, 0.3) is 0 Å². The van der Waals surface area contributed by atoms with Gasteiger partial charge in [0.15, 0.2) is 0 Å². The Morgan fingerprint density at radius 1 is 1.11 bits per heavy atom. The maximum absolute atomic E-state index is 6.29. The molecule has 3 atom stereocenters. The van der Waals surface area contributed by atoms with Gasteiger partial charge in [0.05, 0.1) is 0 Å². The van der Waals surface area contributed by atoms with Crippen LogP contribution in [-0.2, 0) is 0 Å². The van der Waals surface area contributed by atoms with Crippen LogP contribution >= 0.6 is 11.6 Å². The molecule has 0 bridgehead atoms. The van der Waals surface area contributed by atoms with Gasteiger partial charge in [-0.2, -0.15) is 0 Å². The van der Waals surface area contributed by atoms with Crippen molar-refractivity contribution in [3.63, 3.8) is 0 Å². The van der Waals surface area contributed by atoms with Crippen molar-refractivity contribution in [2.75, 3.05) is 0 Å². The van der Waals surface area contributed by atoms with Gasteiger partial charge < -0.3 is 5.32 Å². The third-order valence-electron chi connectivity index (χ3n) is 4.86. The third-order valence-corrected chi connectivity index (χ3v) is 5.21. The van der Waals surface area contributed by atoms with Gasteiger partial charge in [-0.25, -0.2) is 0 Å². The van der Waals surface area contributed by atoms with Crippen LogP contribution < -0.4 is 5.32 Å². The van der Waals surface area contributed by atoms with E-state index in [1.165, 1.54) is 44.1 Å². The Morgan fingerprint density at radius 3 is 2.63 bits per heavy atom. The molecule has 3 rings (SSSR count). The SMILES string of the molecule is C[C@@H](NC1CCCC(C2CC2)C1)c1ccccc1Cl. The molecule has 2 saturated carbocycles. The molecule has 1 nitrogen and oxygen atoms in total. The van der Waals surface area contributed by atoms with E-state index in [0.29, 0.717) is 12.1 Å². The molecule has 0 saturated heterocycles. The summed E-state index contributed by atoms with van der Waals surface area (Å²) < 4.78 is 0. The van der Waals surface area contributed by atoms with Crippen molar-refractivity contribution in [2.45, 2.75) is 57.5 Å². The molecule has 1 N–H and O–H groups in total. The van der Waals surface area contributed by atoms with E-state index < -0.39 is 0 Å². The second-order valence-electron chi connectivity index (χ2n) is 6.37. The second kappa shape index (κ2) is 5.85. The minimum Gasteiger partial charge on any atom is -0.307 e. The molecule has 1 aromatic carbocycles. The Kier molecular flexibility index (Phi) is 4.14. The zero-order valence-electron chi connectivity index (χ0n) is 11.7. The summed E-state index contributed by atoms with van der Waals surface area (Å²) >= 11 is 6.29. The van der Waals surface area contributed by atoms with Crippen molar-refractivity contribution in [1.82, 2.24) is 5.32 Å². The first-order valence-corrected chi connectivity index (χ1v) is 8.12. The van der Waals surface area contributed by atoms with Crippen molar-refractivity contribution in [3.8, 4) is 0 Å². The predicted octanol–water partition coefficient (Wildman–Crippen LogP) is 4.96. The first-order valence-electron chi connectivity index (χ1n) is 7.74. The standard InChI is InChI=1S/C17H24ClN/c1-12(16-7-2-3-8-17(16)18)19-15-6-4-5-14(11-15)13-9-10-13/h2-3,7-8,12-15,19H,4-6,9-11H2,1H3/t12-,14?,15?/m1/s1. The molecule has 2 unspecified atom stereocenters. The van der Waals surface area contributed by atoms with Crippen LogP contribution in [0.25, 0.3) is 0 Å². The van der Waals surface area contributed by atoms with Crippen LogP contribution in [0.4, 0.5) is 0 Å². The topological polar surface area (TPSA) is 12.0 Å². The van der Waals surface area contributed by atoms with Gasteiger partial charge >= 0.3 is 0 Å². The number of halogens is 1. The molecular formula is C17H24ClN. The number of rotatable bonds is 4. The number of benzene rings is 1. The Labute approximate surface area is 121 Å². The van der Waals surface area contributed by atoms with Crippen LogP contribution in [0.5, 0.6) is 0 Å². The summed E-state index contributed by atoms with van der Waals surface area (Å²) in [7, 11) is 0. The van der Waals surface area contributed by atoms with E-state index in [1.807, 2.05) is 12.1 Å². The Balaban J connectivity index is 1.59. The molecule has 104 valence electrons. The Bertz CT molecular complexity index is 427. The second-order valence-corrected chi connectivity index (χ2v) is 6.78. The zero-order chi connectivity index (χ0) is 13.2. The zero-order valence-corrected chi connectivity index (χ0v) is 12.5. The van der Waals surface area contributed by atoms with E-state index in [-0.39, 0.29) is 0 Å². The fraction of sp³-hybridized carbons (Fsp3) is 0.647. The molecule has 2 fully saturated rings. The summed E-state index contributed by atoms with van der Waals surface area (Å²) in [6.45, 7) is 2.24. The Morgan fingerprint density at radius 2 is 1.89 bits per heavy atom. The maximum atomic E-state index is 6.29. The van der Waals surface area contributed by atoms with E-state index in [9.17, 15) is 0 Å². The summed E-state index contributed by atoms with van der Waals surface area (Å²) in [5.41, 5.74) is 1.23. The van der Waals surface area contributed by atoms with E-state index in [4.69, 9.17) is 11.6 Å². The van der Waals surface area contributed by atoms with E-state index in [1.54, 1.807) is 0 Å². The van der Waals surface area contributed by atoms with Crippen molar-refractivity contribution in [3.05, 3.63) is 34.9 Å². The van der Waals surface area contributed by atoms with E-state index in [0.717, 1.165) is 16.9 Å². The first kappa shape index (κ1) is 13.5. The summed E-state index contributed by atoms with van der Waals surface area (Å²) in [6.07, 6.45) is 8.53. The quantitative estimate of drug-likeness (QED) is 0.820. The molecule has 0 radical (unpaired) electrons. The highest BCUT2D eigenvalue weighted by molar-refractivity contribution is 6.31. The molecule has 2 aliphatic carbocycles. The first-order chi connectivity index (χ1) is 9.24. The summed E-state index contributed by atoms with van der Waals surface area (Å²) in [6, 6.07) is 9.25. The number of hydrogen-bond donors (Lipinski definition) is 1. The molecule has 1 aromatic rings. The highest BCUT2D eigenvalue weighted by Crippen LogP contribution is 2.44. The lowest BCUT2D eigenvalue weighted by molar-refractivity contribution is 0.249. The van der Waals surface area contributed by atoms with Gasteiger partial charge in [-0.3, -0.25) is 0 Å². The van der Waals surface area contributed by atoms with Gasteiger partial charge in [0.1, 0.15) is 0 Å². The van der Waals surface area contributed by atoms with Crippen LogP contribution in [-0.4, -0.2) is 6.04 Å². The third kappa shape index (κ3) is 3.32. The maximum Gasteiger partial charge on any atom is 0.0453 e. The van der Waals surface area contributed by atoms with E-state index in [2.05, 4.69) is 24.4 Å². The monoisotopic (exact) mass is 277 g/mol. The molecule has 2 aliphatic rings. The minimum atomic E-state index is 0.358. The molecule has 0 spiro atoms. The minimum absolute atomic E-state index is 0.358. The van der Waals surface area contributed by atoms with Crippen LogP contribution in [0.3, 0.4) is 0 Å². The fourth-order valence-electron chi connectivity index (χ4n) is 3.64. The lowest BCUT2D eigenvalue weighted by Gasteiger charge is -2.32. The molecule has 2 heteroatoms. The number of nitrogens with one attached hydrogen (secondary N) is 1. The highest BCUT2D eigenvalue weighted by Gasteiger charge is 2.34. The Hall–Kier alpha value is -0.530. The normalized spacial score (nSPS) is 29.2. The van der Waals surface area contributed by atoms with Crippen molar-refractivity contribution >= 4 is 11.6 Å². The van der Waals surface area contributed by atoms with Crippen molar-refractivity contribution in [1.29, 1.82) is 0 Å². The van der Waals surface area contributed by atoms with Gasteiger partial charge in [-0.1, -0.05) is 42.6 Å². The summed E-state index contributed by atoms with van der Waals surface area (Å²) in [4.78, 5) is 0. The van der Waals surface area contributed by atoms with Crippen LogP contribution in [0.1, 0.15) is 57.1 Å².